The molecule has 3 aromatic carbocycles. The summed E-state index contributed by atoms with van der Waals surface area (Å²) in [5.41, 5.74) is 2.55. The number of benzene rings is 3. The SMILES string of the molecule is COc1cc(-c2ccc3c(c2)OCO3)c(OC)c(OS(C)(=O)=O)c1-c1ccc(OCC=C(C)C)c(OS(C)(=O)=O)c1. The van der Waals surface area contributed by atoms with Gasteiger partial charge in [0.1, 0.15) is 12.4 Å². The van der Waals surface area contributed by atoms with Gasteiger partial charge < -0.3 is 32.1 Å². The van der Waals surface area contributed by atoms with Gasteiger partial charge in [0.2, 0.25) is 6.79 Å². The van der Waals surface area contributed by atoms with Gasteiger partial charge in [0.05, 0.1) is 32.3 Å². The fourth-order valence-electron chi connectivity index (χ4n) is 4.07. The summed E-state index contributed by atoms with van der Waals surface area (Å²) in [6.07, 6.45) is 3.62. The molecular formula is C28H30O11S2. The minimum atomic E-state index is -4.08. The summed E-state index contributed by atoms with van der Waals surface area (Å²) in [7, 11) is -5.26. The molecule has 11 nitrogen and oxygen atoms in total. The molecule has 41 heavy (non-hydrogen) atoms. The van der Waals surface area contributed by atoms with E-state index < -0.39 is 20.2 Å². The molecule has 1 aliphatic heterocycles. The first-order valence-electron chi connectivity index (χ1n) is 12.2. The van der Waals surface area contributed by atoms with Crippen molar-refractivity contribution < 1.29 is 48.9 Å². The maximum Gasteiger partial charge on any atom is 0.306 e. The van der Waals surface area contributed by atoms with Crippen LogP contribution in [-0.2, 0) is 20.2 Å². The summed E-state index contributed by atoms with van der Waals surface area (Å²) < 4.78 is 87.8. The number of hydrogen-bond acceptors (Lipinski definition) is 11. The van der Waals surface area contributed by atoms with Gasteiger partial charge in [0, 0.05) is 5.56 Å². The van der Waals surface area contributed by atoms with Crippen molar-refractivity contribution in [2.24, 2.45) is 0 Å². The molecule has 13 heteroatoms. The smallest absolute Gasteiger partial charge is 0.306 e. The van der Waals surface area contributed by atoms with Crippen molar-refractivity contribution in [3.8, 4) is 62.5 Å². The Labute approximate surface area is 239 Å². The lowest BCUT2D eigenvalue weighted by molar-refractivity contribution is 0.174. The van der Waals surface area contributed by atoms with Crippen LogP contribution in [0.5, 0.6) is 40.2 Å². The third-order valence-electron chi connectivity index (χ3n) is 5.75. The molecule has 1 heterocycles. The fraction of sp³-hybridized carbons (Fsp3) is 0.286. The van der Waals surface area contributed by atoms with Crippen LogP contribution in [0.3, 0.4) is 0 Å². The number of allylic oxidation sites excluding steroid dienone is 1. The van der Waals surface area contributed by atoms with Gasteiger partial charge in [-0.2, -0.15) is 16.8 Å². The standard InChI is InChI=1S/C28H30O11S2/c1-17(2)11-12-35-22-10-8-19(14-24(22)38-40(5,29)30)26-25(33-3)15-20(27(34-4)28(26)39-41(6,31)32)18-7-9-21-23(13-18)37-16-36-21/h7-11,13-15H,12,16H2,1-6H3. The van der Waals surface area contributed by atoms with Crippen LogP contribution >= 0.6 is 0 Å². The van der Waals surface area contributed by atoms with Crippen molar-refractivity contribution in [1.29, 1.82) is 0 Å². The summed E-state index contributed by atoms with van der Waals surface area (Å²) in [5, 5.41) is 0. The Bertz CT molecular complexity index is 1710. The van der Waals surface area contributed by atoms with E-state index in [0.29, 0.717) is 28.2 Å². The van der Waals surface area contributed by atoms with E-state index in [0.717, 1.165) is 18.1 Å². The first kappa shape index (κ1) is 29.9. The number of fused-ring (bicyclic) bond motifs is 1. The van der Waals surface area contributed by atoms with Crippen LogP contribution in [0.2, 0.25) is 0 Å². The third kappa shape index (κ3) is 7.16. The van der Waals surface area contributed by atoms with Crippen molar-refractivity contribution in [1.82, 2.24) is 0 Å². The Morgan fingerprint density at radius 3 is 2.10 bits per heavy atom. The van der Waals surface area contributed by atoms with E-state index in [-0.39, 0.29) is 47.7 Å². The zero-order valence-corrected chi connectivity index (χ0v) is 25.0. The monoisotopic (exact) mass is 606 g/mol. The topological polar surface area (TPSA) is 133 Å². The van der Waals surface area contributed by atoms with Gasteiger partial charge in [-0.05, 0) is 61.4 Å². The van der Waals surface area contributed by atoms with Gasteiger partial charge in [0.25, 0.3) is 0 Å². The van der Waals surface area contributed by atoms with Gasteiger partial charge >= 0.3 is 20.2 Å². The largest absolute Gasteiger partial charge is 0.496 e. The Morgan fingerprint density at radius 2 is 1.46 bits per heavy atom. The molecule has 0 aliphatic carbocycles. The second-order valence-corrected chi connectivity index (χ2v) is 12.4. The molecule has 4 rings (SSSR count). The predicted molar refractivity (Wildman–Crippen MR) is 152 cm³/mol. The van der Waals surface area contributed by atoms with E-state index >= 15 is 0 Å². The molecule has 0 atom stereocenters. The van der Waals surface area contributed by atoms with Gasteiger partial charge in [-0.1, -0.05) is 17.7 Å². The zero-order valence-electron chi connectivity index (χ0n) is 23.3. The van der Waals surface area contributed by atoms with Crippen LogP contribution in [-0.4, -0.2) is 57.0 Å². The molecule has 0 fully saturated rings. The second-order valence-electron chi connectivity index (χ2n) is 9.26. The molecule has 0 saturated carbocycles. The van der Waals surface area contributed by atoms with Crippen molar-refractivity contribution in [2.45, 2.75) is 13.8 Å². The molecule has 0 spiro atoms. The third-order valence-corrected chi connectivity index (χ3v) is 6.70. The number of hydrogen-bond donors (Lipinski definition) is 0. The van der Waals surface area contributed by atoms with Crippen LogP contribution in [0.1, 0.15) is 13.8 Å². The molecule has 0 unspecified atom stereocenters. The molecule has 0 bridgehead atoms. The van der Waals surface area contributed by atoms with Crippen LogP contribution in [0.15, 0.2) is 54.1 Å². The highest BCUT2D eigenvalue weighted by Gasteiger charge is 2.28. The van der Waals surface area contributed by atoms with Crippen LogP contribution < -0.4 is 32.1 Å². The second kappa shape index (κ2) is 11.8. The van der Waals surface area contributed by atoms with Gasteiger partial charge in [-0.25, -0.2) is 0 Å². The first-order valence-corrected chi connectivity index (χ1v) is 15.8. The van der Waals surface area contributed by atoms with E-state index in [1.54, 1.807) is 30.3 Å². The van der Waals surface area contributed by atoms with E-state index in [1.165, 1.54) is 26.4 Å². The summed E-state index contributed by atoms with van der Waals surface area (Å²) >= 11 is 0. The van der Waals surface area contributed by atoms with Gasteiger partial charge in [-0.3, -0.25) is 0 Å². The van der Waals surface area contributed by atoms with E-state index in [2.05, 4.69) is 0 Å². The van der Waals surface area contributed by atoms with Crippen molar-refractivity contribution >= 4 is 20.2 Å². The van der Waals surface area contributed by atoms with Crippen LogP contribution in [0, 0.1) is 0 Å². The zero-order chi connectivity index (χ0) is 29.9. The van der Waals surface area contributed by atoms with Crippen molar-refractivity contribution in [3.05, 3.63) is 54.1 Å². The van der Waals surface area contributed by atoms with Crippen LogP contribution in [0.25, 0.3) is 22.3 Å². The molecule has 0 radical (unpaired) electrons. The van der Waals surface area contributed by atoms with Crippen molar-refractivity contribution in [3.63, 3.8) is 0 Å². The molecule has 0 saturated heterocycles. The normalized spacial score (nSPS) is 12.4. The fourth-order valence-corrected chi connectivity index (χ4v) is 4.99. The Morgan fingerprint density at radius 1 is 0.780 bits per heavy atom. The molecule has 0 amide bonds. The Kier molecular flexibility index (Phi) is 8.59. The average molecular weight is 607 g/mol. The number of ether oxygens (including phenoxy) is 5. The summed E-state index contributed by atoms with van der Waals surface area (Å²) in [6, 6.07) is 11.3. The molecule has 1 aliphatic rings. The Hall–Kier alpha value is -4.10. The highest BCUT2D eigenvalue weighted by molar-refractivity contribution is 7.86. The Balaban J connectivity index is 1.96. The maximum atomic E-state index is 12.5. The van der Waals surface area contributed by atoms with E-state index in [1.807, 2.05) is 19.9 Å². The highest BCUT2D eigenvalue weighted by Crippen LogP contribution is 2.52. The summed E-state index contributed by atoms with van der Waals surface area (Å²) in [6.45, 7) is 4.05. The average Bonchev–Trinajstić information content (AvgIpc) is 3.35. The van der Waals surface area contributed by atoms with Gasteiger partial charge in [-0.15, -0.1) is 0 Å². The molecule has 0 aromatic heterocycles. The number of rotatable bonds is 11. The van der Waals surface area contributed by atoms with E-state index in [9.17, 15) is 16.8 Å². The van der Waals surface area contributed by atoms with E-state index in [4.69, 9.17) is 32.1 Å². The lowest BCUT2D eigenvalue weighted by Gasteiger charge is -2.21. The highest BCUT2D eigenvalue weighted by atomic mass is 32.2. The first-order chi connectivity index (χ1) is 19.3. The lowest BCUT2D eigenvalue weighted by atomic mass is 9.96. The minimum Gasteiger partial charge on any atom is -0.496 e. The maximum absolute atomic E-state index is 12.5. The molecular weight excluding hydrogens is 576 g/mol. The molecule has 3 aromatic rings. The summed E-state index contributed by atoms with van der Waals surface area (Å²) in [5.74, 6) is 1.23. The number of methoxy groups -OCH3 is 2. The van der Waals surface area contributed by atoms with Crippen molar-refractivity contribution in [2.75, 3.05) is 40.1 Å². The predicted octanol–water partition coefficient (Wildman–Crippen LogP) is 4.79. The quantitative estimate of drug-likeness (QED) is 0.220. The van der Waals surface area contributed by atoms with Gasteiger partial charge in [0.15, 0.2) is 34.5 Å². The minimum absolute atomic E-state index is 0.0759. The molecule has 0 N–H and O–H groups in total. The lowest BCUT2D eigenvalue weighted by Crippen LogP contribution is -2.10. The summed E-state index contributed by atoms with van der Waals surface area (Å²) in [4.78, 5) is 0. The van der Waals surface area contributed by atoms with Crippen LogP contribution in [0.4, 0.5) is 0 Å². The molecule has 220 valence electrons.